The summed E-state index contributed by atoms with van der Waals surface area (Å²) in [7, 11) is -3.16. The van der Waals surface area contributed by atoms with Crippen molar-refractivity contribution in [2.45, 2.75) is 13.8 Å². The summed E-state index contributed by atoms with van der Waals surface area (Å²) >= 11 is 0. The van der Waals surface area contributed by atoms with E-state index in [9.17, 15) is 8.42 Å². The Labute approximate surface area is 79.6 Å². The SMILES string of the molecule is CCS(N)(=O)=O.Cc1ccccc1. The quantitative estimate of drug-likeness (QED) is 0.744. The van der Waals surface area contributed by atoms with Gasteiger partial charge in [-0.25, -0.2) is 13.6 Å². The van der Waals surface area contributed by atoms with Gasteiger partial charge >= 0.3 is 0 Å². The van der Waals surface area contributed by atoms with Crippen LogP contribution < -0.4 is 5.14 Å². The second-order valence-electron chi connectivity index (χ2n) is 2.61. The molecule has 1 aromatic carbocycles. The largest absolute Gasteiger partial charge is 0.229 e. The van der Waals surface area contributed by atoms with Crippen LogP contribution in [0.5, 0.6) is 0 Å². The highest BCUT2D eigenvalue weighted by Gasteiger charge is 1.90. The maximum absolute atomic E-state index is 9.78. The molecule has 0 saturated carbocycles. The molecule has 0 atom stereocenters. The summed E-state index contributed by atoms with van der Waals surface area (Å²) in [6.07, 6.45) is 0. The first-order valence-corrected chi connectivity index (χ1v) is 5.69. The van der Waals surface area contributed by atoms with E-state index >= 15 is 0 Å². The van der Waals surface area contributed by atoms with Crippen molar-refractivity contribution >= 4 is 10.0 Å². The second kappa shape index (κ2) is 5.72. The predicted molar refractivity (Wildman–Crippen MR) is 54.8 cm³/mol. The molecule has 0 bridgehead atoms. The van der Waals surface area contributed by atoms with Crippen molar-refractivity contribution in [3.05, 3.63) is 35.9 Å². The Bertz CT molecular complexity index is 319. The molecule has 0 spiro atoms. The van der Waals surface area contributed by atoms with E-state index in [1.807, 2.05) is 18.2 Å². The average Bonchev–Trinajstić information content (AvgIpc) is 2.06. The van der Waals surface area contributed by atoms with Crippen molar-refractivity contribution in [3.63, 3.8) is 0 Å². The fraction of sp³-hybridized carbons (Fsp3) is 0.333. The lowest BCUT2D eigenvalue weighted by Gasteiger charge is -1.82. The molecule has 4 heteroatoms. The third-order valence-electron chi connectivity index (χ3n) is 1.34. The molecule has 0 aliphatic carbocycles. The maximum atomic E-state index is 9.78. The summed E-state index contributed by atoms with van der Waals surface area (Å²) in [6.45, 7) is 3.58. The van der Waals surface area contributed by atoms with Crippen molar-refractivity contribution in [2.24, 2.45) is 5.14 Å². The molecule has 0 aliphatic rings. The van der Waals surface area contributed by atoms with Crippen LogP contribution in [0.3, 0.4) is 0 Å². The molecule has 74 valence electrons. The van der Waals surface area contributed by atoms with E-state index in [1.165, 1.54) is 12.5 Å². The first-order valence-electron chi connectivity index (χ1n) is 3.98. The van der Waals surface area contributed by atoms with Crippen LogP contribution in [0.2, 0.25) is 0 Å². The van der Waals surface area contributed by atoms with Gasteiger partial charge in [0.15, 0.2) is 0 Å². The third kappa shape index (κ3) is 9.04. The van der Waals surface area contributed by atoms with E-state index in [2.05, 4.69) is 24.2 Å². The van der Waals surface area contributed by atoms with Gasteiger partial charge in [-0.15, -0.1) is 0 Å². The van der Waals surface area contributed by atoms with Crippen LogP contribution in [0.25, 0.3) is 0 Å². The van der Waals surface area contributed by atoms with Crippen LogP contribution in [0.4, 0.5) is 0 Å². The summed E-state index contributed by atoms with van der Waals surface area (Å²) in [5, 5.41) is 4.51. The van der Waals surface area contributed by atoms with Gasteiger partial charge in [0.1, 0.15) is 0 Å². The van der Waals surface area contributed by atoms with Crippen LogP contribution >= 0.6 is 0 Å². The Kier molecular flexibility index (Phi) is 5.34. The van der Waals surface area contributed by atoms with Crippen molar-refractivity contribution in [3.8, 4) is 0 Å². The molecule has 1 aromatic rings. The zero-order valence-electron chi connectivity index (χ0n) is 7.90. The summed E-state index contributed by atoms with van der Waals surface area (Å²) in [4.78, 5) is 0. The van der Waals surface area contributed by atoms with Crippen LogP contribution in [-0.2, 0) is 10.0 Å². The average molecular weight is 201 g/mol. The topological polar surface area (TPSA) is 60.2 Å². The van der Waals surface area contributed by atoms with E-state index in [4.69, 9.17) is 0 Å². The predicted octanol–water partition coefficient (Wildman–Crippen LogP) is 1.29. The third-order valence-corrected chi connectivity index (χ3v) is 2.15. The zero-order chi connectivity index (χ0) is 10.3. The zero-order valence-corrected chi connectivity index (χ0v) is 8.71. The number of sulfonamides is 1. The highest BCUT2D eigenvalue weighted by molar-refractivity contribution is 7.89. The number of hydrogen-bond donors (Lipinski definition) is 1. The fourth-order valence-electron chi connectivity index (χ4n) is 0.534. The lowest BCUT2D eigenvalue weighted by atomic mass is 10.2. The summed E-state index contributed by atoms with van der Waals surface area (Å²) < 4.78 is 19.6. The smallest absolute Gasteiger partial charge is 0.208 e. The number of primary sulfonamides is 1. The Morgan fingerprint density at radius 3 is 1.77 bits per heavy atom. The monoisotopic (exact) mass is 201 g/mol. The van der Waals surface area contributed by atoms with E-state index in [1.54, 1.807) is 0 Å². The van der Waals surface area contributed by atoms with Gasteiger partial charge in [0, 0.05) is 0 Å². The van der Waals surface area contributed by atoms with Gasteiger partial charge in [0.05, 0.1) is 5.75 Å². The molecule has 0 unspecified atom stereocenters. The van der Waals surface area contributed by atoms with Gasteiger partial charge in [-0.3, -0.25) is 0 Å². The number of rotatable bonds is 1. The molecule has 0 amide bonds. The first-order chi connectivity index (χ1) is 5.95. The number of hydrogen-bond acceptors (Lipinski definition) is 2. The lowest BCUT2D eigenvalue weighted by Crippen LogP contribution is -2.13. The standard InChI is InChI=1S/C7H8.C2H7NO2S/c1-7-5-3-2-4-6-7;1-2-6(3,4)5/h2-6H,1H3;2H2,1H3,(H2,3,4,5). The van der Waals surface area contributed by atoms with Crippen molar-refractivity contribution in [2.75, 3.05) is 5.75 Å². The summed E-state index contributed by atoms with van der Waals surface area (Å²) in [5.41, 5.74) is 1.32. The minimum absolute atomic E-state index is 0.0208. The highest BCUT2D eigenvalue weighted by Crippen LogP contribution is 1.92. The molecular formula is C9H15NO2S. The van der Waals surface area contributed by atoms with Crippen molar-refractivity contribution < 1.29 is 8.42 Å². The van der Waals surface area contributed by atoms with Gasteiger partial charge in [-0.05, 0) is 13.8 Å². The van der Waals surface area contributed by atoms with Gasteiger partial charge in [-0.2, -0.15) is 0 Å². The Hall–Kier alpha value is -0.870. The molecule has 3 nitrogen and oxygen atoms in total. The number of nitrogens with two attached hydrogens (primary N) is 1. The van der Waals surface area contributed by atoms with Gasteiger partial charge in [0.25, 0.3) is 0 Å². The summed E-state index contributed by atoms with van der Waals surface area (Å²) in [6, 6.07) is 10.3. The molecule has 13 heavy (non-hydrogen) atoms. The van der Waals surface area contributed by atoms with Gasteiger partial charge in [0.2, 0.25) is 10.0 Å². The molecule has 2 N–H and O–H groups in total. The van der Waals surface area contributed by atoms with Crippen LogP contribution in [0.1, 0.15) is 12.5 Å². The Morgan fingerprint density at radius 1 is 1.23 bits per heavy atom. The minimum Gasteiger partial charge on any atom is -0.229 e. The maximum Gasteiger partial charge on any atom is 0.208 e. The first kappa shape index (κ1) is 12.1. The van der Waals surface area contributed by atoms with E-state index in [0.29, 0.717) is 0 Å². The summed E-state index contributed by atoms with van der Waals surface area (Å²) in [5.74, 6) is 0.0208. The second-order valence-corrected chi connectivity index (χ2v) is 4.51. The Balaban J connectivity index is 0.000000226. The fourth-order valence-corrected chi connectivity index (χ4v) is 0.534. The molecule has 1 rings (SSSR count). The van der Waals surface area contributed by atoms with Crippen molar-refractivity contribution in [1.29, 1.82) is 0 Å². The molecule has 0 radical (unpaired) electrons. The van der Waals surface area contributed by atoms with E-state index in [-0.39, 0.29) is 5.75 Å². The minimum atomic E-state index is -3.16. The molecular weight excluding hydrogens is 186 g/mol. The van der Waals surface area contributed by atoms with E-state index in [0.717, 1.165) is 0 Å². The molecule has 0 saturated heterocycles. The molecule has 0 aliphatic heterocycles. The van der Waals surface area contributed by atoms with Crippen LogP contribution in [-0.4, -0.2) is 14.2 Å². The number of benzene rings is 1. The normalized spacial score (nSPS) is 10.1. The van der Waals surface area contributed by atoms with Gasteiger partial charge in [-0.1, -0.05) is 35.9 Å². The lowest BCUT2D eigenvalue weighted by molar-refractivity contribution is 0.599. The van der Waals surface area contributed by atoms with Gasteiger partial charge < -0.3 is 0 Å². The van der Waals surface area contributed by atoms with E-state index < -0.39 is 10.0 Å². The molecule has 0 heterocycles. The number of aryl methyl sites for hydroxylation is 1. The molecule has 0 fully saturated rings. The highest BCUT2D eigenvalue weighted by atomic mass is 32.2. The molecule has 0 aromatic heterocycles. The van der Waals surface area contributed by atoms with Crippen LogP contribution in [0.15, 0.2) is 30.3 Å². The van der Waals surface area contributed by atoms with Crippen molar-refractivity contribution in [1.82, 2.24) is 0 Å². The Morgan fingerprint density at radius 2 is 1.62 bits per heavy atom. The van der Waals surface area contributed by atoms with Crippen LogP contribution in [0, 0.1) is 6.92 Å².